The summed E-state index contributed by atoms with van der Waals surface area (Å²) in [7, 11) is 0.599. The summed E-state index contributed by atoms with van der Waals surface area (Å²) in [5, 5.41) is 5.11. The van der Waals surface area contributed by atoms with Crippen molar-refractivity contribution in [2.24, 2.45) is 0 Å². The molecule has 332 valence electrons. The van der Waals surface area contributed by atoms with Crippen molar-refractivity contribution in [3.8, 4) is 23.0 Å². The zero-order valence-corrected chi connectivity index (χ0v) is 37.3. The van der Waals surface area contributed by atoms with Crippen LogP contribution in [0.25, 0.3) is 0 Å². The van der Waals surface area contributed by atoms with Gasteiger partial charge in [-0.3, -0.25) is 29.8 Å². The average Bonchev–Trinajstić information content (AvgIpc) is 3.76. The van der Waals surface area contributed by atoms with Crippen LogP contribution < -0.4 is 29.6 Å². The summed E-state index contributed by atoms with van der Waals surface area (Å²) in [4.78, 5) is 80.9. The number of amides is 4. The minimum atomic E-state index is -2.21. The van der Waals surface area contributed by atoms with Crippen LogP contribution in [-0.4, -0.2) is 126 Å². The lowest BCUT2D eigenvalue weighted by Gasteiger charge is -2.37. The van der Waals surface area contributed by atoms with Crippen molar-refractivity contribution in [2.45, 2.75) is 77.2 Å². The molecule has 0 bridgehead atoms. The minimum absolute atomic E-state index is 0.0488. The molecule has 2 aromatic carbocycles. The topological polar surface area (TPSA) is 198 Å². The fourth-order valence-corrected chi connectivity index (χ4v) is 7.35. The highest BCUT2D eigenvalue weighted by atomic mass is 28.4. The van der Waals surface area contributed by atoms with Crippen molar-refractivity contribution < 1.29 is 61.6 Å². The Bertz CT molecular complexity index is 2000. The maximum atomic E-state index is 14.2. The Morgan fingerprint density at radius 1 is 0.754 bits per heavy atom. The number of nitrogens with one attached hydrogen (secondary N) is 2. The molecular formula is C43H58N4O13Si. The van der Waals surface area contributed by atoms with Gasteiger partial charge in [-0.15, -0.1) is 0 Å². The Balaban J connectivity index is 1.54. The van der Waals surface area contributed by atoms with Crippen molar-refractivity contribution in [1.82, 2.24) is 9.80 Å². The normalized spacial score (nSPS) is 16.5. The number of Topliss-reactive ketones (excluding diaryl/α,β-unsaturated/α-hetero) is 2. The van der Waals surface area contributed by atoms with Crippen LogP contribution >= 0.6 is 0 Å². The fraction of sp³-hybridized carbons (Fsp3) is 0.488. The summed E-state index contributed by atoms with van der Waals surface area (Å²) in [6.07, 6.45) is 1.77. The molecule has 17 nitrogen and oxygen atoms in total. The molecule has 2 atom stereocenters. The van der Waals surface area contributed by atoms with Crippen LogP contribution in [0.5, 0.6) is 23.0 Å². The molecule has 2 saturated heterocycles. The summed E-state index contributed by atoms with van der Waals surface area (Å²) in [6, 6.07) is 4.90. The monoisotopic (exact) mass is 866 g/mol. The second-order valence-corrected chi connectivity index (χ2v) is 20.9. The van der Waals surface area contributed by atoms with Crippen LogP contribution in [0, 0.1) is 0 Å². The third kappa shape index (κ3) is 12.3. The predicted molar refractivity (Wildman–Crippen MR) is 230 cm³/mol. The van der Waals surface area contributed by atoms with Crippen molar-refractivity contribution in [2.75, 3.05) is 71.0 Å². The van der Waals surface area contributed by atoms with Gasteiger partial charge in [0, 0.05) is 37.4 Å². The van der Waals surface area contributed by atoms with Crippen LogP contribution in [0.4, 0.5) is 21.0 Å². The molecule has 2 aromatic rings. The number of hydrogen-bond acceptors (Lipinski definition) is 13. The Morgan fingerprint density at radius 2 is 1.21 bits per heavy atom. The second-order valence-electron chi connectivity index (χ2n) is 16.1. The lowest BCUT2D eigenvalue weighted by molar-refractivity contribution is -0.117. The van der Waals surface area contributed by atoms with E-state index in [-0.39, 0.29) is 127 Å². The number of rotatable bonds is 19. The minimum Gasteiger partial charge on any atom is -0.493 e. The van der Waals surface area contributed by atoms with Crippen molar-refractivity contribution in [1.29, 1.82) is 0 Å². The summed E-state index contributed by atoms with van der Waals surface area (Å²) < 4.78 is 39.9. The lowest BCUT2D eigenvalue weighted by atomic mass is 10.1. The van der Waals surface area contributed by atoms with Gasteiger partial charge in [0.25, 0.3) is 11.8 Å². The highest BCUT2D eigenvalue weighted by Gasteiger charge is 2.41. The van der Waals surface area contributed by atoms with E-state index in [1.165, 1.54) is 60.4 Å². The number of likely N-dealkylation sites (tertiary alicyclic amines) is 2. The summed E-state index contributed by atoms with van der Waals surface area (Å²) in [5.41, 5.74) is 0.264. The fourth-order valence-electron chi connectivity index (χ4n) is 6.31. The van der Waals surface area contributed by atoms with Gasteiger partial charge in [0.05, 0.1) is 75.7 Å². The van der Waals surface area contributed by atoms with Gasteiger partial charge in [0.15, 0.2) is 42.9 Å². The molecule has 2 N–H and O–H groups in total. The Kier molecular flexibility index (Phi) is 16.5. The Morgan fingerprint density at radius 3 is 1.64 bits per heavy atom. The predicted octanol–water partition coefficient (Wildman–Crippen LogP) is 6.63. The molecule has 4 amide bonds. The molecule has 2 fully saturated rings. The SMILES string of the molecule is C=CCOC(=O)Nc1cc(OCCCOc2cc(NC(=O)OCC=C)c(C(=O)N3CC(=O)C[C@H]3C)cc2OC)c(OC)cc1C(=O)N1CC(=O)C[C@H]1CO[Si](C)(C)C(C)(C)C. The molecule has 61 heavy (non-hydrogen) atoms. The van der Waals surface area contributed by atoms with E-state index in [1.54, 1.807) is 6.92 Å². The molecule has 4 rings (SSSR count). The van der Waals surface area contributed by atoms with Gasteiger partial charge in [-0.05, 0) is 37.2 Å². The number of carbonyl (C=O) groups excluding carboxylic acids is 6. The first-order chi connectivity index (χ1) is 28.8. The number of benzene rings is 2. The number of ketones is 2. The summed E-state index contributed by atoms with van der Waals surface area (Å²) >= 11 is 0. The van der Waals surface area contributed by atoms with Crippen molar-refractivity contribution in [3.63, 3.8) is 0 Å². The molecule has 0 aromatic heterocycles. The zero-order chi connectivity index (χ0) is 45.1. The van der Waals surface area contributed by atoms with Crippen LogP contribution in [0.1, 0.15) is 67.7 Å². The van der Waals surface area contributed by atoms with E-state index in [0.717, 1.165) is 0 Å². The molecule has 2 heterocycles. The third-order valence-corrected chi connectivity index (χ3v) is 15.1. The molecule has 0 spiro atoms. The molecule has 2 aliphatic rings. The van der Waals surface area contributed by atoms with Gasteiger partial charge >= 0.3 is 12.2 Å². The number of anilines is 2. The number of nitrogens with zero attached hydrogens (tertiary/aromatic N) is 2. The van der Waals surface area contributed by atoms with Crippen LogP contribution in [-0.2, 0) is 23.5 Å². The first-order valence-electron chi connectivity index (χ1n) is 19.9. The van der Waals surface area contributed by atoms with E-state index in [1.807, 2.05) is 0 Å². The lowest BCUT2D eigenvalue weighted by Crippen LogP contribution is -2.46. The standard InChI is InChI=1S/C43H58N4O13Si/c1-11-14-58-41(52)44-33-22-37(35(54-7)20-31(33)39(50)46-24-29(48)18-27(46)3)56-16-13-17-57-38-23-34(45-42(53)59-15-12-2)32(21-36(38)55-8)40(51)47-25-30(49)19-28(47)26-60-61(9,10)43(4,5)6/h11-12,20-23,27-28H,1-2,13-19,24-26H2,3-10H3,(H,44,52)(H,45,53)/t27-,28+/m1/s1. The highest BCUT2D eigenvalue weighted by Crippen LogP contribution is 2.39. The van der Waals surface area contributed by atoms with E-state index < -0.39 is 38.4 Å². The molecule has 0 saturated carbocycles. The number of carbonyl (C=O) groups is 6. The van der Waals surface area contributed by atoms with E-state index in [0.29, 0.717) is 6.42 Å². The van der Waals surface area contributed by atoms with E-state index in [9.17, 15) is 28.8 Å². The maximum Gasteiger partial charge on any atom is 0.411 e. The van der Waals surface area contributed by atoms with E-state index in [2.05, 4.69) is 57.7 Å². The van der Waals surface area contributed by atoms with E-state index >= 15 is 0 Å². The highest BCUT2D eigenvalue weighted by molar-refractivity contribution is 6.74. The summed E-state index contributed by atoms with van der Waals surface area (Å²) in [5.74, 6) is -0.418. The number of hydrogen-bond donors (Lipinski definition) is 2. The van der Waals surface area contributed by atoms with Crippen LogP contribution in [0.2, 0.25) is 18.1 Å². The number of methoxy groups -OCH3 is 2. The van der Waals surface area contributed by atoms with Gasteiger partial charge in [0.1, 0.15) is 13.2 Å². The van der Waals surface area contributed by atoms with Crippen molar-refractivity contribution in [3.05, 3.63) is 60.7 Å². The third-order valence-electron chi connectivity index (χ3n) is 10.6. The Hall–Kier alpha value is -5.88. The quantitative estimate of drug-likeness (QED) is 0.0868. The maximum absolute atomic E-state index is 14.2. The smallest absolute Gasteiger partial charge is 0.411 e. The Labute approximate surface area is 357 Å². The summed E-state index contributed by atoms with van der Waals surface area (Å²) in [6.45, 7) is 19.4. The van der Waals surface area contributed by atoms with Gasteiger partial charge in [-0.25, -0.2) is 9.59 Å². The molecule has 18 heteroatoms. The number of ether oxygens (including phenoxy) is 6. The molecule has 2 aliphatic heterocycles. The molecule has 0 unspecified atom stereocenters. The van der Waals surface area contributed by atoms with E-state index in [4.69, 9.17) is 32.8 Å². The van der Waals surface area contributed by atoms with Gasteiger partial charge < -0.3 is 42.6 Å². The van der Waals surface area contributed by atoms with Crippen LogP contribution in [0.3, 0.4) is 0 Å². The molecule has 0 radical (unpaired) electrons. The van der Waals surface area contributed by atoms with Gasteiger partial charge in [-0.2, -0.15) is 0 Å². The molecular weight excluding hydrogens is 809 g/mol. The average molecular weight is 867 g/mol. The largest absolute Gasteiger partial charge is 0.493 e. The van der Waals surface area contributed by atoms with Crippen molar-refractivity contribution >= 4 is 55.3 Å². The zero-order valence-electron chi connectivity index (χ0n) is 36.3. The van der Waals surface area contributed by atoms with Crippen LogP contribution in [0.15, 0.2) is 49.6 Å². The first kappa shape index (κ1) is 47.8. The second kappa shape index (κ2) is 21.1. The van der Waals surface area contributed by atoms with Gasteiger partial charge in [-0.1, -0.05) is 46.1 Å². The molecule has 0 aliphatic carbocycles. The van der Waals surface area contributed by atoms with Gasteiger partial charge in [0.2, 0.25) is 0 Å². The first-order valence-corrected chi connectivity index (χ1v) is 22.8.